The molecule has 0 saturated heterocycles. The van der Waals surface area contributed by atoms with E-state index in [0.29, 0.717) is 24.0 Å². The number of rotatable bonds is 10. The lowest BCUT2D eigenvalue weighted by molar-refractivity contribution is -0.127. The largest absolute Gasteiger partial charge is 0.493 e. The van der Waals surface area contributed by atoms with Gasteiger partial charge in [-0.15, -0.1) is 0 Å². The van der Waals surface area contributed by atoms with E-state index in [1.807, 2.05) is 39.0 Å². The van der Waals surface area contributed by atoms with Gasteiger partial charge in [0.05, 0.1) is 32.3 Å². The van der Waals surface area contributed by atoms with Gasteiger partial charge >= 0.3 is 0 Å². The molecule has 7 heteroatoms. The molecule has 0 saturated carbocycles. The quantitative estimate of drug-likeness (QED) is 0.577. The fourth-order valence-corrected chi connectivity index (χ4v) is 2.29. The zero-order valence-corrected chi connectivity index (χ0v) is 17.2. The molecule has 0 aliphatic carbocycles. The summed E-state index contributed by atoms with van der Waals surface area (Å²) in [5.74, 6) is 1.09. The average Bonchev–Trinajstić information content (AvgIpc) is 2.63. The Morgan fingerprint density at radius 2 is 1.78 bits per heavy atom. The van der Waals surface area contributed by atoms with Crippen molar-refractivity contribution < 1.29 is 19.1 Å². The molecule has 0 aliphatic heterocycles. The predicted molar refractivity (Wildman–Crippen MR) is 106 cm³/mol. The molecular weight excluding hydrogens is 346 g/mol. The number of nitrogens with one attached hydrogen (secondary N) is 2. The van der Waals surface area contributed by atoms with Gasteiger partial charge in [0.15, 0.2) is 11.5 Å². The molecule has 0 spiro atoms. The Kier molecular flexibility index (Phi) is 9.08. The number of amides is 2. The maximum atomic E-state index is 12.1. The van der Waals surface area contributed by atoms with Crippen molar-refractivity contribution in [2.75, 3.05) is 20.3 Å². The van der Waals surface area contributed by atoms with Crippen LogP contribution in [-0.4, -0.2) is 38.1 Å². The van der Waals surface area contributed by atoms with Crippen LogP contribution in [0.5, 0.6) is 11.5 Å². The molecule has 0 aromatic heterocycles. The number of nitrogens with two attached hydrogens (primary N) is 1. The van der Waals surface area contributed by atoms with Crippen LogP contribution >= 0.6 is 0 Å². The van der Waals surface area contributed by atoms with Gasteiger partial charge in [0.1, 0.15) is 0 Å². The Hall–Kier alpha value is -2.28. The van der Waals surface area contributed by atoms with E-state index in [2.05, 4.69) is 24.5 Å². The SMILES string of the molecule is COc1cc(C(C)NC(=O)CNC(=O)[C@@H](N)C(C)C)ccc1OCC(C)C. The molecule has 0 radical (unpaired) electrons. The van der Waals surface area contributed by atoms with Gasteiger partial charge in [0.2, 0.25) is 11.8 Å². The first-order valence-corrected chi connectivity index (χ1v) is 9.29. The van der Waals surface area contributed by atoms with Crippen molar-refractivity contribution in [2.24, 2.45) is 17.6 Å². The second-order valence-corrected chi connectivity index (χ2v) is 7.39. The number of carbonyl (C=O) groups excluding carboxylic acids is 2. The summed E-state index contributed by atoms with van der Waals surface area (Å²) in [5.41, 5.74) is 6.64. The normalized spacial score (nSPS) is 13.2. The molecule has 0 heterocycles. The van der Waals surface area contributed by atoms with E-state index >= 15 is 0 Å². The third kappa shape index (κ3) is 7.46. The van der Waals surface area contributed by atoms with Gasteiger partial charge in [-0.2, -0.15) is 0 Å². The van der Waals surface area contributed by atoms with Crippen molar-refractivity contribution in [3.05, 3.63) is 23.8 Å². The van der Waals surface area contributed by atoms with Gasteiger partial charge in [0, 0.05) is 0 Å². The van der Waals surface area contributed by atoms with E-state index in [4.69, 9.17) is 15.2 Å². The molecule has 1 aromatic carbocycles. The van der Waals surface area contributed by atoms with E-state index in [0.717, 1.165) is 5.56 Å². The van der Waals surface area contributed by atoms with Crippen molar-refractivity contribution in [3.8, 4) is 11.5 Å². The fraction of sp³-hybridized carbons (Fsp3) is 0.600. The van der Waals surface area contributed by atoms with Gasteiger partial charge in [-0.05, 0) is 36.5 Å². The molecule has 0 bridgehead atoms. The topological polar surface area (TPSA) is 103 Å². The van der Waals surface area contributed by atoms with E-state index in [1.54, 1.807) is 7.11 Å². The van der Waals surface area contributed by atoms with Crippen molar-refractivity contribution in [1.29, 1.82) is 0 Å². The van der Waals surface area contributed by atoms with E-state index in [-0.39, 0.29) is 30.3 Å². The Morgan fingerprint density at radius 1 is 1.11 bits per heavy atom. The second kappa shape index (κ2) is 10.8. The summed E-state index contributed by atoms with van der Waals surface area (Å²) in [6, 6.07) is 4.69. The summed E-state index contributed by atoms with van der Waals surface area (Å²) in [7, 11) is 1.58. The van der Waals surface area contributed by atoms with Crippen molar-refractivity contribution in [3.63, 3.8) is 0 Å². The van der Waals surface area contributed by atoms with Crippen LogP contribution in [0, 0.1) is 11.8 Å². The number of hydrogen-bond donors (Lipinski definition) is 3. The molecule has 0 aliphatic rings. The van der Waals surface area contributed by atoms with Gasteiger partial charge in [-0.1, -0.05) is 33.8 Å². The minimum Gasteiger partial charge on any atom is -0.493 e. The monoisotopic (exact) mass is 379 g/mol. The first-order chi connectivity index (χ1) is 12.6. The lowest BCUT2D eigenvalue weighted by Gasteiger charge is -2.19. The third-order valence-electron chi connectivity index (χ3n) is 4.08. The molecule has 27 heavy (non-hydrogen) atoms. The zero-order chi connectivity index (χ0) is 20.6. The van der Waals surface area contributed by atoms with Crippen LogP contribution in [0.1, 0.15) is 46.2 Å². The summed E-state index contributed by atoms with van der Waals surface area (Å²) in [6.07, 6.45) is 0. The Morgan fingerprint density at radius 3 is 2.33 bits per heavy atom. The number of benzene rings is 1. The average molecular weight is 380 g/mol. The minimum absolute atomic E-state index is 0.0101. The highest BCUT2D eigenvalue weighted by Gasteiger charge is 2.18. The van der Waals surface area contributed by atoms with E-state index in [1.165, 1.54) is 0 Å². The zero-order valence-electron chi connectivity index (χ0n) is 17.2. The summed E-state index contributed by atoms with van der Waals surface area (Å²) in [5, 5.41) is 5.41. The van der Waals surface area contributed by atoms with Crippen LogP contribution in [0.3, 0.4) is 0 Å². The van der Waals surface area contributed by atoms with Crippen molar-refractivity contribution in [2.45, 2.75) is 46.7 Å². The number of ether oxygens (including phenoxy) is 2. The second-order valence-electron chi connectivity index (χ2n) is 7.39. The highest BCUT2D eigenvalue weighted by atomic mass is 16.5. The molecule has 1 rings (SSSR count). The Bertz CT molecular complexity index is 632. The first-order valence-electron chi connectivity index (χ1n) is 9.29. The van der Waals surface area contributed by atoms with Crippen LogP contribution in [0.25, 0.3) is 0 Å². The standard InChI is InChI=1S/C20H33N3O4/c1-12(2)11-27-16-8-7-15(9-17(16)26-6)14(5)23-18(24)10-22-20(25)19(21)13(3)4/h7-9,12-14,19H,10-11,21H2,1-6H3,(H,22,25)(H,23,24)/t14?,19-/m0/s1. The van der Waals surface area contributed by atoms with Gasteiger partial charge < -0.3 is 25.8 Å². The Balaban J connectivity index is 2.64. The highest BCUT2D eigenvalue weighted by Crippen LogP contribution is 2.30. The number of hydrogen-bond acceptors (Lipinski definition) is 5. The van der Waals surface area contributed by atoms with Gasteiger partial charge in [-0.3, -0.25) is 9.59 Å². The van der Waals surface area contributed by atoms with E-state index < -0.39 is 6.04 Å². The predicted octanol–water partition coefficient (Wildman–Crippen LogP) is 2.01. The van der Waals surface area contributed by atoms with Crippen LogP contribution < -0.4 is 25.8 Å². The molecule has 1 aromatic rings. The maximum absolute atomic E-state index is 12.1. The van der Waals surface area contributed by atoms with Crippen LogP contribution in [0.2, 0.25) is 0 Å². The van der Waals surface area contributed by atoms with Crippen LogP contribution in [-0.2, 0) is 9.59 Å². The maximum Gasteiger partial charge on any atom is 0.239 e. The smallest absolute Gasteiger partial charge is 0.239 e. The molecule has 7 nitrogen and oxygen atoms in total. The van der Waals surface area contributed by atoms with Gasteiger partial charge in [0.25, 0.3) is 0 Å². The lowest BCUT2D eigenvalue weighted by atomic mass is 10.1. The molecule has 1 unspecified atom stereocenters. The molecule has 152 valence electrons. The summed E-state index contributed by atoms with van der Waals surface area (Å²) in [4.78, 5) is 23.9. The first kappa shape index (κ1) is 22.8. The van der Waals surface area contributed by atoms with Crippen molar-refractivity contribution in [1.82, 2.24) is 10.6 Å². The molecule has 4 N–H and O–H groups in total. The third-order valence-corrected chi connectivity index (χ3v) is 4.08. The van der Waals surface area contributed by atoms with Crippen LogP contribution in [0.15, 0.2) is 18.2 Å². The molecular formula is C20H33N3O4. The molecule has 0 fully saturated rings. The fourth-order valence-electron chi connectivity index (χ4n) is 2.29. The van der Waals surface area contributed by atoms with Gasteiger partial charge in [-0.25, -0.2) is 0 Å². The summed E-state index contributed by atoms with van der Waals surface area (Å²) >= 11 is 0. The summed E-state index contributed by atoms with van der Waals surface area (Å²) < 4.78 is 11.1. The molecule has 2 atom stereocenters. The summed E-state index contributed by atoms with van der Waals surface area (Å²) in [6.45, 7) is 10.2. The lowest BCUT2D eigenvalue weighted by Crippen LogP contribution is -2.47. The highest BCUT2D eigenvalue weighted by molar-refractivity contribution is 5.87. The number of carbonyl (C=O) groups is 2. The van der Waals surface area contributed by atoms with Crippen molar-refractivity contribution >= 4 is 11.8 Å². The van der Waals surface area contributed by atoms with Crippen LogP contribution in [0.4, 0.5) is 0 Å². The number of methoxy groups -OCH3 is 1. The molecule has 2 amide bonds. The minimum atomic E-state index is -0.627. The Labute approximate surface area is 162 Å². The van der Waals surface area contributed by atoms with E-state index in [9.17, 15) is 9.59 Å².